The molecule has 1 saturated heterocycles. The van der Waals surface area contributed by atoms with Gasteiger partial charge in [0, 0.05) is 41.8 Å². The molecule has 0 unspecified atom stereocenters. The van der Waals surface area contributed by atoms with Crippen molar-refractivity contribution in [2.75, 3.05) is 81.4 Å². The summed E-state index contributed by atoms with van der Waals surface area (Å²) in [5.74, 6) is 0. The van der Waals surface area contributed by atoms with Gasteiger partial charge in [-0.2, -0.15) is 0 Å². The van der Waals surface area contributed by atoms with Crippen LogP contribution in [0.3, 0.4) is 0 Å². The molecule has 0 saturated carbocycles. The fourth-order valence-corrected chi connectivity index (χ4v) is 1.35. The molecule has 3 amide bonds. The minimum Gasteiger partial charge on any atom is -0.463 e. The van der Waals surface area contributed by atoms with Crippen molar-refractivity contribution in [3.63, 3.8) is 0 Å². The topological polar surface area (TPSA) is 123 Å². The fraction of sp³-hybridized carbons (Fsp3) is 0.812. The zero-order chi connectivity index (χ0) is 20.9. The Kier molecular flexibility index (Phi) is 20.0. The van der Waals surface area contributed by atoms with Crippen molar-refractivity contribution in [1.29, 1.82) is 0 Å². The molecule has 11 nitrogen and oxygen atoms in total. The second-order valence-electron chi connectivity index (χ2n) is 4.95. The molecule has 0 radical (unpaired) electrons. The highest BCUT2D eigenvalue weighted by Crippen LogP contribution is 1.84. The Balaban J connectivity index is 0. The van der Waals surface area contributed by atoms with Crippen LogP contribution in [0.4, 0.5) is 9.59 Å². The van der Waals surface area contributed by atoms with Crippen LogP contribution in [0.25, 0.3) is 0 Å². The molecular formula is C16H35N5O6. The molecule has 160 valence electrons. The van der Waals surface area contributed by atoms with Gasteiger partial charge in [-0.25, -0.2) is 14.6 Å². The van der Waals surface area contributed by atoms with Crippen LogP contribution in [0.1, 0.15) is 6.92 Å². The van der Waals surface area contributed by atoms with Crippen molar-refractivity contribution in [2.24, 2.45) is 4.99 Å². The van der Waals surface area contributed by atoms with E-state index in [1.165, 1.54) is 11.9 Å². The number of nitrogens with zero attached hydrogens (tertiary/aromatic N) is 2. The number of aliphatic imine (C=N–C) groups is 1. The number of rotatable bonds is 7. The standard InChI is InChI=1S/C8H17NO4.C4H8N2O.C4H10N2O/c1-3-11-4-5-12-6-7-13-8(10)9-2;1-5-4-6-2-3-7-4;1-5-4(7)6(2)3/h3-7H2,1-2H3,(H,9,10);2-3H2,1H3,(H,5,6);1-3H3,(H,5,7). The van der Waals surface area contributed by atoms with E-state index in [1.54, 1.807) is 28.2 Å². The predicted octanol–water partition coefficient (Wildman–Crippen LogP) is -0.125. The maximum absolute atomic E-state index is 10.5. The minimum atomic E-state index is -0.437. The first kappa shape index (κ1) is 27.0. The van der Waals surface area contributed by atoms with Crippen molar-refractivity contribution in [3.8, 4) is 0 Å². The first-order valence-electron chi connectivity index (χ1n) is 8.65. The molecule has 0 aromatic heterocycles. The van der Waals surface area contributed by atoms with Gasteiger partial charge >= 0.3 is 12.1 Å². The fourth-order valence-electron chi connectivity index (χ4n) is 1.35. The molecule has 1 rings (SSSR count). The third kappa shape index (κ3) is 19.9. The number of urea groups is 1. The van der Waals surface area contributed by atoms with E-state index >= 15 is 0 Å². The third-order valence-electron chi connectivity index (χ3n) is 2.68. The first-order valence-corrected chi connectivity index (χ1v) is 8.65. The average Bonchev–Trinajstić information content (AvgIpc) is 3.21. The molecular weight excluding hydrogens is 358 g/mol. The summed E-state index contributed by atoms with van der Waals surface area (Å²) >= 11 is 0. The lowest BCUT2D eigenvalue weighted by atomic mass is 10.7. The molecule has 0 bridgehead atoms. The van der Waals surface area contributed by atoms with Gasteiger partial charge in [0.25, 0.3) is 6.02 Å². The largest absolute Gasteiger partial charge is 0.463 e. The van der Waals surface area contributed by atoms with Gasteiger partial charge in [-0.3, -0.25) is 0 Å². The molecule has 0 spiro atoms. The zero-order valence-electron chi connectivity index (χ0n) is 17.3. The quantitative estimate of drug-likeness (QED) is 0.515. The van der Waals surface area contributed by atoms with E-state index in [-0.39, 0.29) is 12.6 Å². The molecule has 27 heavy (non-hydrogen) atoms. The predicted molar refractivity (Wildman–Crippen MR) is 103 cm³/mol. The Morgan fingerprint density at radius 2 is 1.78 bits per heavy atom. The minimum absolute atomic E-state index is 0.0694. The van der Waals surface area contributed by atoms with Gasteiger partial charge in [-0.15, -0.1) is 0 Å². The Morgan fingerprint density at radius 3 is 2.15 bits per heavy atom. The van der Waals surface area contributed by atoms with E-state index in [1.807, 2.05) is 6.92 Å². The summed E-state index contributed by atoms with van der Waals surface area (Å²) < 4.78 is 19.8. The number of hydrogen-bond donors (Lipinski definition) is 3. The summed E-state index contributed by atoms with van der Waals surface area (Å²) in [5.41, 5.74) is 0. The second kappa shape index (κ2) is 20.0. The maximum atomic E-state index is 10.5. The normalized spacial score (nSPS) is 13.0. The van der Waals surface area contributed by atoms with Crippen LogP contribution in [0.2, 0.25) is 0 Å². The SMILES string of the molecule is CCOCCOCCOC(=O)NC.CN=C1NCCO1.CNC(=O)N(C)C. The van der Waals surface area contributed by atoms with Crippen molar-refractivity contribution in [1.82, 2.24) is 20.9 Å². The smallest absolute Gasteiger partial charge is 0.406 e. The highest BCUT2D eigenvalue weighted by molar-refractivity contribution is 5.74. The number of carbonyl (C=O) groups is 2. The van der Waals surface area contributed by atoms with Crippen molar-refractivity contribution >= 4 is 18.1 Å². The molecule has 3 N–H and O–H groups in total. The zero-order valence-corrected chi connectivity index (χ0v) is 17.3. The number of amidine groups is 1. The number of carbonyl (C=O) groups excluding carboxylic acids is 2. The maximum Gasteiger partial charge on any atom is 0.406 e. The summed E-state index contributed by atoms with van der Waals surface area (Å²) in [4.78, 5) is 26.1. The van der Waals surface area contributed by atoms with Crippen LogP contribution in [-0.4, -0.2) is 104 Å². The van der Waals surface area contributed by atoms with E-state index in [9.17, 15) is 9.59 Å². The van der Waals surface area contributed by atoms with Gasteiger partial charge in [0.1, 0.15) is 13.2 Å². The molecule has 0 atom stereocenters. The number of hydrogen-bond acceptors (Lipinski definition) is 7. The van der Waals surface area contributed by atoms with Crippen LogP contribution in [0.15, 0.2) is 4.99 Å². The third-order valence-corrected chi connectivity index (χ3v) is 2.68. The van der Waals surface area contributed by atoms with Gasteiger partial charge in [-0.1, -0.05) is 0 Å². The Labute approximate surface area is 161 Å². The first-order chi connectivity index (χ1) is 12.9. The van der Waals surface area contributed by atoms with E-state index in [4.69, 9.17) is 14.2 Å². The summed E-state index contributed by atoms with van der Waals surface area (Å²) in [6, 6.07) is 0.597. The summed E-state index contributed by atoms with van der Waals surface area (Å²) in [7, 11) is 8.20. The van der Waals surface area contributed by atoms with Gasteiger partial charge in [0.2, 0.25) is 0 Å². The summed E-state index contributed by atoms with van der Waals surface area (Å²) in [6.45, 7) is 6.06. The van der Waals surface area contributed by atoms with Gasteiger partial charge < -0.3 is 39.8 Å². The lowest BCUT2D eigenvalue weighted by Gasteiger charge is -2.06. The second-order valence-corrected chi connectivity index (χ2v) is 4.95. The molecule has 1 aliphatic rings. The van der Waals surface area contributed by atoms with Crippen LogP contribution in [0.5, 0.6) is 0 Å². The van der Waals surface area contributed by atoms with Crippen molar-refractivity contribution < 1.29 is 28.5 Å². The van der Waals surface area contributed by atoms with Crippen LogP contribution in [-0.2, 0) is 18.9 Å². The van der Waals surface area contributed by atoms with Gasteiger partial charge in [0.05, 0.1) is 26.4 Å². The van der Waals surface area contributed by atoms with E-state index in [0.29, 0.717) is 32.4 Å². The Bertz CT molecular complexity index is 399. The van der Waals surface area contributed by atoms with E-state index < -0.39 is 6.09 Å². The molecule has 11 heteroatoms. The van der Waals surface area contributed by atoms with E-state index in [0.717, 1.165) is 13.2 Å². The Hall–Kier alpha value is -2.27. The molecule has 1 heterocycles. The Morgan fingerprint density at radius 1 is 1.15 bits per heavy atom. The number of ether oxygens (including phenoxy) is 4. The molecule has 1 aliphatic heterocycles. The van der Waals surface area contributed by atoms with Crippen LogP contribution in [0, 0.1) is 0 Å². The lowest BCUT2D eigenvalue weighted by molar-refractivity contribution is 0.0317. The average molecular weight is 393 g/mol. The number of nitrogens with one attached hydrogen (secondary N) is 3. The molecule has 0 aliphatic carbocycles. The van der Waals surface area contributed by atoms with Crippen molar-refractivity contribution in [3.05, 3.63) is 0 Å². The summed E-state index contributed by atoms with van der Waals surface area (Å²) in [5, 5.41) is 7.72. The van der Waals surface area contributed by atoms with Crippen LogP contribution >= 0.6 is 0 Å². The highest BCUT2D eigenvalue weighted by atomic mass is 16.6. The van der Waals surface area contributed by atoms with Crippen molar-refractivity contribution in [2.45, 2.75) is 6.92 Å². The number of amides is 3. The number of alkyl carbamates (subject to hydrolysis) is 1. The summed E-state index contributed by atoms with van der Waals surface area (Å²) in [6.07, 6.45) is -0.437. The van der Waals surface area contributed by atoms with Gasteiger partial charge in [-0.05, 0) is 6.92 Å². The molecule has 1 fully saturated rings. The molecule has 0 aromatic rings. The highest BCUT2D eigenvalue weighted by Gasteiger charge is 2.03. The van der Waals surface area contributed by atoms with E-state index in [2.05, 4.69) is 25.7 Å². The van der Waals surface area contributed by atoms with Gasteiger partial charge in [0.15, 0.2) is 0 Å². The molecule has 0 aromatic carbocycles. The lowest BCUT2D eigenvalue weighted by Crippen LogP contribution is -2.31. The monoisotopic (exact) mass is 393 g/mol. The van der Waals surface area contributed by atoms with Crippen LogP contribution < -0.4 is 16.0 Å².